The van der Waals surface area contributed by atoms with Crippen molar-refractivity contribution in [3.05, 3.63) is 41.8 Å². The fraction of sp³-hybridized carbons (Fsp3) is 0.400. The molecule has 112 valence electrons. The first-order valence-corrected chi connectivity index (χ1v) is 8.69. The van der Waals surface area contributed by atoms with Crippen LogP contribution in [0.25, 0.3) is 0 Å². The van der Waals surface area contributed by atoms with Crippen LogP contribution in [0.1, 0.15) is 12.8 Å². The maximum atomic E-state index is 12.7. The minimum Gasteiger partial charge on any atom is -0.368 e. The van der Waals surface area contributed by atoms with Crippen LogP contribution in [0.15, 0.2) is 41.8 Å². The van der Waals surface area contributed by atoms with E-state index in [-0.39, 0.29) is 11.7 Å². The van der Waals surface area contributed by atoms with Crippen LogP contribution in [0.5, 0.6) is 0 Å². The van der Waals surface area contributed by atoms with Gasteiger partial charge in [0.25, 0.3) is 5.91 Å². The minimum absolute atomic E-state index is 0.0691. The highest BCUT2D eigenvalue weighted by atomic mass is 32.2. The molecule has 0 bridgehead atoms. The molecule has 2 atom stereocenters. The third-order valence-electron chi connectivity index (χ3n) is 3.72. The molecule has 1 aromatic rings. The van der Waals surface area contributed by atoms with Crippen LogP contribution in [0.2, 0.25) is 0 Å². The van der Waals surface area contributed by atoms with Crippen molar-refractivity contribution in [1.29, 1.82) is 0 Å². The first-order chi connectivity index (χ1) is 10.1. The molecular formula is C15H17NO4S. The Labute approximate surface area is 124 Å². The van der Waals surface area contributed by atoms with Crippen molar-refractivity contribution in [1.82, 2.24) is 0 Å². The van der Waals surface area contributed by atoms with Crippen LogP contribution < -0.4 is 4.90 Å². The summed E-state index contributed by atoms with van der Waals surface area (Å²) in [4.78, 5) is 14.3. The molecule has 0 N–H and O–H groups in total. The Hall–Kier alpha value is -1.66. The minimum atomic E-state index is -3.22. The van der Waals surface area contributed by atoms with Gasteiger partial charge < -0.3 is 9.64 Å². The SMILES string of the molecule is O=C([C@@H]1CCCO1)N(c1ccccc1)[C@@H]1C=CS(=O)(=O)C1. The number of sulfone groups is 1. The van der Waals surface area contributed by atoms with Gasteiger partial charge in [-0.1, -0.05) is 18.2 Å². The van der Waals surface area contributed by atoms with Gasteiger partial charge in [-0.15, -0.1) is 0 Å². The molecule has 2 aliphatic rings. The van der Waals surface area contributed by atoms with E-state index in [9.17, 15) is 13.2 Å². The highest BCUT2D eigenvalue weighted by Gasteiger charge is 2.36. The number of carbonyl (C=O) groups excluding carboxylic acids is 1. The number of hydrogen-bond donors (Lipinski definition) is 0. The number of rotatable bonds is 3. The highest BCUT2D eigenvalue weighted by Crippen LogP contribution is 2.26. The van der Waals surface area contributed by atoms with Gasteiger partial charge in [0.05, 0.1) is 11.8 Å². The summed E-state index contributed by atoms with van der Waals surface area (Å²) in [6.45, 7) is 0.581. The van der Waals surface area contributed by atoms with Gasteiger partial charge in [-0.2, -0.15) is 0 Å². The number of para-hydroxylation sites is 1. The Balaban J connectivity index is 1.92. The second-order valence-electron chi connectivity index (χ2n) is 5.27. The Morgan fingerprint density at radius 1 is 1.24 bits per heavy atom. The zero-order valence-corrected chi connectivity index (χ0v) is 12.3. The zero-order chi connectivity index (χ0) is 14.9. The number of anilines is 1. The molecule has 21 heavy (non-hydrogen) atoms. The molecule has 0 radical (unpaired) electrons. The summed E-state index contributed by atoms with van der Waals surface area (Å²) in [5.41, 5.74) is 0.699. The highest BCUT2D eigenvalue weighted by molar-refractivity contribution is 7.94. The van der Waals surface area contributed by atoms with Gasteiger partial charge in [-0.3, -0.25) is 4.79 Å². The summed E-state index contributed by atoms with van der Waals surface area (Å²) in [6, 6.07) is 8.68. The molecule has 2 heterocycles. The van der Waals surface area contributed by atoms with Crippen LogP contribution in [0, 0.1) is 0 Å². The topological polar surface area (TPSA) is 63.7 Å². The summed E-state index contributed by atoms with van der Waals surface area (Å²) >= 11 is 0. The molecule has 1 saturated heterocycles. The molecule has 1 amide bonds. The Morgan fingerprint density at radius 3 is 2.57 bits per heavy atom. The van der Waals surface area contributed by atoms with E-state index in [1.165, 1.54) is 5.41 Å². The van der Waals surface area contributed by atoms with Gasteiger partial charge in [0.2, 0.25) is 0 Å². The average Bonchev–Trinajstić information content (AvgIpc) is 3.10. The number of benzene rings is 1. The van der Waals surface area contributed by atoms with E-state index < -0.39 is 22.0 Å². The number of amides is 1. The van der Waals surface area contributed by atoms with Crippen LogP contribution in [-0.4, -0.2) is 38.8 Å². The predicted octanol–water partition coefficient (Wildman–Crippen LogP) is 1.51. The van der Waals surface area contributed by atoms with Gasteiger partial charge >= 0.3 is 0 Å². The monoisotopic (exact) mass is 307 g/mol. The van der Waals surface area contributed by atoms with E-state index in [0.717, 1.165) is 6.42 Å². The molecule has 5 nitrogen and oxygen atoms in total. The molecule has 0 aliphatic carbocycles. The Morgan fingerprint density at radius 2 is 2.00 bits per heavy atom. The summed E-state index contributed by atoms with van der Waals surface area (Å²) in [5, 5.41) is 1.19. The fourth-order valence-electron chi connectivity index (χ4n) is 2.72. The summed E-state index contributed by atoms with van der Waals surface area (Å²) in [6.07, 6.45) is 2.65. The lowest BCUT2D eigenvalue weighted by Gasteiger charge is -2.29. The van der Waals surface area contributed by atoms with Crippen molar-refractivity contribution < 1.29 is 17.9 Å². The quantitative estimate of drug-likeness (QED) is 0.849. The molecule has 0 spiro atoms. The second kappa shape index (κ2) is 5.61. The predicted molar refractivity (Wildman–Crippen MR) is 79.6 cm³/mol. The number of hydrogen-bond acceptors (Lipinski definition) is 4. The van der Waals surface area contributed by atoms with E-state index >= 15 is 0 Å². The van der Waals surface area contributed by atoms with Crippen LogP contribution >= 0.6 is 0 Å². The van der Waals surface area contributed by atoms with E-state index in [2.05, 4.69) is 0 Å². The number of carbonyl (C=O) groups is 1. The normalized spacial score (nSPS) is 26.9. The maximum Gasteiger partial charge on any atom is 0.256 e. The Kier molecular flexibility index (Phi) is 3.82. The fourth-order valence-corrected chi connectivity index (χ4v) is 3.99. The Bertz CT molecular complexity index is 648. The van der Waals surface area contributed by atoms with E-state index in [0.29, 0.717) is 18.7 Å². The average molecular weight is 307 g/mol. The smallest absolute Gasteiger partial charge is 0.256 e. The molecule has 1 fully saturated rings. The van der Waals surface area contributed by atoms with Crippen molar-refractivity contribution in [2.45, 2.75) is 25.0 Å². The molecule has 0 aromatic heterocycles. The molecule has 2 aliphatic heterocycles. The van der Waals surface area contributed by atoms with Crippen molar-refractivity contribution >= 4 is 21.4 Å². The molecule has 0 unspecified atom stereocenters. The van der Waals surface area contributed by atoms with Crippen LogP contribution in [0.4, 0.5) is 5.69 Å². The van der Waals surface area contributed by atoms with E-state index in [4.69, 9.17) is 4.74 Å². The lowest BCUT2D eigenvalue weighted by Crippen LogP contribution is -2.46. The molecule has 3 rings (SSSR count). The molecule has 0 saturated carbocycles. The lowest BCUT2D eigenvalue weighted by molar-refractivity contribution is -0.127. The van der Waals surface area contributed by atoms with Crippen molar-refractivity contribution in [3.8, 4) is 0 Å². The van der Waals surface area contributed by atoms with Crippen molar-refractivity contribution in [3.63, 3.8) is 0 Å². The van der Waals surface area contributed by atoms with Crippen LogP contribution in [-0.2, 0) is 19.4 Å². The molecular weight excluding hydrogens is 290 g/mol. The van der Waals surface area contributed by atoms with E-state index in [1.54, 1.807) is 11.0 Å². The van der Waals surface area contributed by atoms with Gasteiger partial charge in [-0.25, -0.2) is 8.42 Å². The van der Waals surface area contributed by atoms with Crippen LogP contribution in [0.3, 0.4) is 0 Å². The standard InChI is InChI=1S/C15H17NO4S/c17-15(14-7-4-9-20-14)16(12-5-2-1-3-6-12)13-8-10-21(18,19)11-13/h1-3,5-6,8,10,13-14H,4,7,9,11H2/t13-,14+/m1/s1. The van der Waals surface area contributed by atoms with Gasteiger partial charge in [0, 0.05) is 17.7 Å². The summed E-state index contributed by atoms with van der Waals surface area (Å²) < 4.78 is 28.8. The van der Waals surface area contributed by atoms with Gasteiger partial charge in [0.1, 0.15) is 6.10 Å². The first kappa shape index (κ1) is 14.3. The van der Waals surface area contributed by atoms with Gasteiger partial charge in [0.15, 0.2) is 9.84 Å². The number of ether oxygens (including phenoxy) is 1. The summed E-state index contributed by atoms with van der Waals surface area (Å²) in [7, 11) is -3.22. The molecule has 6 heteroatoms. The zero-order valence-electron chi connectivity index (χ0n) is 11.5. The van der Waals surface area contributed by atoms with Crippen molar-refractivity contribution in [2.75, 3.05) is 17.3 Å². The maximum absolute atomic E-state index is 12.7. The van der Waals surface area contributed by atoms with Gasteiger partial charge in [-0.05, 0) is 31.1 Å². The third kappa shape index (κ3) is 3.01. The lowest BCUT2D eigenvalue weighted by atomic mass is 10.1. The molecule has 1 aromatic carbocycles. The first-order valence-electron chi connectivity index (χ1n) is 6.97. The van der Waals surface area contributed by atoms with Crippen molar-refractivity contribution in [2.24, 2.45) is 0 Å². The largest absolute Gasteiger partial charge is 0.368 e. The third-order valence-corrected chi connectivity index (χ3v) is 5.10. The second-order valence-corrected chi connectivity index (χ2v) is 7.20. The van der Waals surface area contributed by atoms with E-state index in [1.807, 2.05) is 30.3 Å². The number of nitrogens with zero attached hydrogens (tertiary/aromatic N) is 1. The summed E-state index contributed by atoms with van der Waals surface area (Å²) in [5.74, 6) is -0.231.